The molecule has 8 aromatic rings. The van der Waals surface area contributed by atoms with Crippen molar-refractivity contribution in [2.75, 3.05) is 0 Å². The van der Waals surface area contributed by atoms with Crippen molar-refractivity contribution in [1.82, 2.24) is 14.5 Å². The molecule has 0 bridgehead atoms. The lowest BCUT2D eigenvalue weighted by Gasteiger charge is -2.20. The lowest BCUT2D eigenvalue weighted by molar-refractivity contribution is 0.843. The molecule has 1 atom stereocenters. The van der Waals surface area contributed by atoms with Gasteiger partial charge >= 0.3 is 0 Å². The highest BCUT2D eigenvalue weighted by atomic mass is 15.2. The Morgan fingerprint density at radius 2 is 1.32 bits per heavy atom. The summed E-state index contributed by atoms with van der Waals surface area (Å²) in [5.74, 6) is 1.34. The first-order valence-electron chi connectivity index (χ1n) is 18.8. The van der Waals surface area contributed by atoms with Crippen molar-refractivity contribution < 1.29 is 0 Å². The van der Waals surface area contributed by atoms with E-state index in [0.29, 0.717) is 17.8 Å². The maximum atomic E-state index is 5.40. The van der Waals surface area contributed by atoms with Crippen LogP contribution in [0, 0.1) is 0 Å². The maximum absolute atomic E-state index is 5.40. The fourth-order valence-electron chi connectivity index (χ4n) is 8.60. The summed E-state index contributed by atoms with van der Waals surface area (Å²) in [4.78, 5) is 10.7. The summed E-state index contributed by atoms with van der Waals surface area (Å²) in [6.07, 6.45) is 8.97. The van der Waals surface area contributed by atoms with Gasteiger partial charge in [-0.1, -0.05) is 153 Å². The van der Waals surface area contributed by atoms with E-state index in [-0.39, 0.29) is 0 Å². The third-order valence-electron chi connectivity index (χ3n) is 11.2. The summed E-state index contributed by atoms with van der Waals surface area (Å²) < 4.78 is 2.28. The molecule has 1 unspecified atom stereocenters. The standard InChI is InChI=1S/C50H39N3/c1-32(2)42-30-49-45(29-43(42)33-14-5-3-6-15-33)41-20-11-12-23-48(41)53(49)50-51-46(35-16-7-4-8-17-35)31-47(52-50)36-26-24-34(25-27-36)38-21-13-22-40-39-19-10-9-18-37(39)28-44(38)40/h3-24,26-27,29-32,34H,25,28H2,1-2H3. The molecule has 0 saturated heterocycles. The van der Waals surface area contributed by atoms with E-state index >= 15 is 0 Å². The van der Waals surface area contributed by atoms with Gasteiger partial charge in [-0.15, -0.1) is 0 Å². The zero-order chi connectivity index (χ0) is 35.5. The van der Waals surface area contributed by atoms with Gasteiger partial charge in [0, 0.05) is 22.3 Å². The average molecular weight is 682 g/mol. The Bertz CT molecular complexity index is 2750. The number of hydrogen-bond donors (Lipinski definition) is 0. The summed E-state index contributed by atoms with van der Waals surface area (Å²) in [6, 6.07) is 52.5. The Balaban J connectivity index is 1.11. The fraction of sp³-hybridized carbons (Fsp3) is 0.120. The van der Waals surface area contributed by atoms with Crippen LogP contribution >= 0.6 is 0 Å². The van der Waals surface area contributed by atoms with Crippen LogP contribution in [0.25, 0.3) is 66.8 Å². The fourth-order valence-corrected chi connectivity index (χ4v) is 8.60. The molecular formula is C50H39N3. The van der Waals surface area contributed by atoms with Crippen LogP contribution in [-0.2, 0) is 6.42 Å². The summed E-state index contributed by atoms with van der Waals surface area (Å²) in [5.41, 5.74) is 17.2. The molecule has 10 rings (SSSR count). The molecule has 2 aliphatic rings. The number of hydrogen-bond acceptors (Lipinski definition) is 2. The van der Waals surface area contributed by atoms with Crippen LogP contribution in [0.2, 0.25) is 0 Å². The average Bonchev–Trinajstić information content (AvgIpc) is 3.76. The van der Waals surface area contributed by atoms with Crippen LogP contribution in [0.15, 0.2) is 164 Å². The number of allylic oxidation sites excluding steroid dienone is 4. The summed E-state index contributed by atoms with van der Waals surface area (Å²) in [7, 11) is 0. The second kappa shape index (κ2) is 12.7. The monoisotopic (exact) mass is 681 g/mol. The third-order valence-corrected chi connectivity index (χ3v) is 11.2. The summed E-state index contributed by atoms with van der Waals surface area (Å²) in [6.45, 7) is 4.56. The van der Waals surface area contributed by atoms with Gasteiger partial charge in [-0.05, 0) is 93.1 Å². The van der Waals surface area contributed by atoms with Crippen LogP contribution < -0.4 is 0 Å². The van der Waals surface area contributed by atoms with Gasteiger partial charge in [0.25, 0.3) is 0 Å². The first-order chi connectivity index (χ1) is 26.1. The van der Waals surface area contributed by atoms with E-state index in [1.54, 1.807) is 0 Å². The van der Waals surface area contributed by atoms with Crippen molar-refractivity contribution in [3.8, 4) is 39.5 Å². The summed E-state index contributed by atoms with van der Waals surface area (Å²) >= 11 is 0. The van der Waals surface area contributed by atoms with E-state index in [1.165, 1.54) is 55.3 Å². The Labute approximate surface area is 310 Å². The molecule has 3 heteroatoms. The van der Waals surface area contributed by atoms with Gasteiger partial charge in [0.15, 0.2) is 0 Å². The highest BCUT2D eigenvalue weighted by Gasteiger charge is 2.25. The predicted octanol–water partition coefficient (Wildman–Crippen LogP) is 12.7. The lowest BCUT2D eigenvalue weighted by Crippen LogP contribution is -2.07. The highest BCUT2D eigenvalue weighted by molar-refractivity contribution is 6.10. The molecule has 0 fully saturated rings. The maximum Gasteiger partial charge on any atom is 0.235 e. The minimum absolute atomic E-state index is 0.323. The Morgan fingerprint density at radius 3 is 2.11 bits per heavy atom. The van der Waals surface area contributed by atoms with Crippen molar-refractivity contribution in [1.29, 1.82) is 0 Å². The second-order valence-corrected chi connectivity index (χ2v) is 14.7. The molecule has 3 nitrogen and oxygen atoms in total. The molecule has 0 aliphatic heterocycles. The highest BCUT2D eigenvalue weighted by Crippen LogP contribution is 2.43. The van der Waals surface area contributed by atoms with Crippen molar-refractivity contribution in [2.45, 2.75) is 38.5 Å². The van der Waals surface area contributed by atoms with Crippen molar-refractivity contribution in [3.63, 3.8) is 0 Å². The van der Waals surface area contributed by atoms with Gasteiger partial charge in [0.2, 0.25) is 5.95 Å². The number of benzene rings is 6. The molecule has 0 radical (unpaired) electrons. The van der Waals surface area contributed by atoms with E-state index in [2.05, 4.69) is 182 Å². The number of aromatic nitrogens is 3. The minimum Gasteiger partial charge on any atom is -0.278 e. The normalized spacial score (nSPS) is 14.8. The molecular weight excluding hydrogens is 643 g/mol. The molecule has 254 valence electrons. The Morgan fingerprint density at radius 1 is 0.604 bits per heavy atom. The third kappa shape index (κ3) is 5.35. The van der Waals surface area contributed by atoms with Gasteiger partial charge in [-0.3, -0.25) is 4.57 Å². The topological polar surface area (TPSA) is 30.7 Å². The van der Waals surface area contributed by atoms with Gasteiger partial charge in [-0.2, -0.15) is 0 Å². The van der Waals surface area contributed by atoms with E-state index in [4.69, 9.17) is 9.97 Å². The zero-order valence-electron chi connectivity index (χ0n) is 30.0. The SMILES string of the molecule is CC(C)c1cc2c(cc1-c1ccccc1)c1ccccc1n2-c1nc(C2=CCC(c3cccc4c3Cc3ccccc3-4)C=C2)cc(-c2ccccc2)n1. The van der Waals surface area contributed by atoms with E-state index in [0.717, 1.165) is 46.4 Å². The molecule has 53 heavy (non-hydrogen) atoms. The number of rotatable bonds is 6. The second-order valence-electron chi connectivity index (χ2n) is 14.7. The van der Waals surface area contributed by atoms with Crippen molar-refractivity contribution in [3.05, 3.63) is 192 Å². The van der Waals surface area contributed by atoms with Crippen LogP contribution in [-0.4, -0.2) is 14.5 Å². The van der Waals surface area contributed by atoms with E-state index < -0.39 is 0 Å². The van der Waals surface area contributed by atoms with Crippen LogP contribution in [0.3, 0.4) is 0 Å². The predicted molar refractivity (Wildman–Crippen MR) is 220 cm³/mol. The molecule has 0 N–H and O–H groups in total. The van der Waals surface area contributed by atoms with Crippen LogP contribution in [0.5, 0.6) is 0 Å². The van der Waals surface area contributed by atoms with Gasteiger partial charge in [0.05, 0.1) is 22.4 Å². The molecule has 2 aliphatic carbocycles. The zero-order valence-corrected chi connectivity index (χ0v) is 30.0. The number of para-hydroxylation sites is 1. The summed E-state index contributed by atoms with van der Waals surface area (Å²) in [5, 5.41) is 2.40. The van der Waals surface area contributed by atoms with Crippen molar-refractivity contribution in [2.24, 2.45) is 0 Å². The van der Waals surface area contributed by atoms with Gasteiger partial charge in [0.1, 0.15) is 0 Å². The quantitative estimate of drug-likeness (QED) is 0.175. The molecule has 6 aromatic carbocycles. The molecule has 0 saturated carbocycles. The first-order valence-corrected chi connectivity index (χ1v) is 18.8. The first kappa shape index (κ1) is 31.4. The molecule has 2 aromatic heterocycles. The van der Waals surface area contributed by atoms with Gasteiger partial charge in [-0.25, -0.2) is 9.97 Å². The molecule has 0 spiro atoms. The van der Waals surface area contributed by atoms with Gasteiger partial charge < -0.3 is 0 Å². The van der Waals surface area contributed by atoms with Crippen LogP contribution in [0.1, 0.15) is 60.1 Å². The molecule has 0 amide bonds. The lowest BCUT2D eigenvalue weighted by atomic mass is 9.85. The minimum atomic E-state index is 0.323. The van der Waals surface area contributed by atoms with Crippen LogP contribution in [0.4, 0.5) is 0 Å². The number of nitrogens with zero attached hydrogens (tertiary/aromatic N) is 3. The van der Waals surface area contributed by atoms with E-state index in [1.807, 2.05) is 0 Å². The Hall–Kier alpha value is -6.32. The van der Waals surface area contributed by atoms with E-state index in [9.17, 15) is 0 Å². The largest absolute Gasteiger partial charge is 0.278 e. The number of fused-ring (bicyclic) bond motifs is 6. The smallest absolute Gasteiger partial charge is 0.235 e. The molecule has 2 heterocycles. The Kier molecular flexibility index (Phi) is 7.54. The van der Waals surface area contributed by atoms with Crippen molar-refractivity contribution >= 4 is 27.4 Å².